The summed E-state index contributed by atoms with van der Waals surface area (Å²) in [6, 6.07) is 16.4. The molecule has 2 heterocycles. The maximum atomic E-state index is 12.5. The van der Waals surface area contributed by atoms with Crippen LogP contribution in [0.15, 0.2) is 61.2 Å². The van der Waals surface area contributed by atoms with Gasteiger partial charge in [0.25, 0.3) is 0 Å². The molecule has 2 aromatic carbocycles. The molecule has 1 aliphatic rings. The molecule has 1 aromatic heterocycles. The molecule has 3 aromatic rings. The molecule has 0 radical (unpaired) electrons. The van der Waals surface area contributed by atoms with Crippen molar-refractivity contribution in [2.45, 2.75) is 51.6 Å². The summed E-state index contributed by atoms with van der Waals surface area (Å²) in [5.74, 6) is 2.14. The van der Waals surface area contributed by atoms with E-state index in [-0.39, 0.29) is 11.9 Å². The number of allylic oxidation sites excluding steroid dienone is 1. The maximum absolute atomic E-state index is 12.5. The van der Waals surface area contributed by atoms with Crippen LogP contribution in [-0.4, -0.2) is 33.5 Å². The zero-order valence-corrected chi connectivity index (χ0v) is 18.3. The van der Waals surface area contributed by atoms with E-state index in [1.54, 1.807) is 0 Å². The van der Waals surface area contributed by atoms with Crippen molar-refractivity contribution >= 4 is 16.9 Å². The van der Waals surface area contributed by atoms with E-state index in [2.05, 4.69) is 35.4 Å². The Morgan fingerprint density at radius 1 is 1.23 bits per heavy atom. The van der Waals surface area contributed by atoms with Crippen molar-refractivity contribution in [2.24, 2.45) is 0 Å². The number of rotatable bonds is 9. The Morgan fingerprint density at radius 3 is 2.87 bits per heavy atom. The van der Waals surface area contributed by atoms with Crippen LogP contribution in [0.5, 0.6) is 5.75 Å². The van der Waals surface area contributed by atoms with E-state index in [4.69, 9.17) is 9.72 Å². The van der Waals surface area contributed by atoms with Crippen LogP contribution in [0.3, 0.4) is 0 Å². The third-order valence-corrected chi connectivity index (χ3v) is 5.98. The highest BCUT2D eigenvalue weighted by Crippen LogP contribution is 2.34. The lowest BCUT2D eigenvalue weighted by molar-refractivity contribution is -0.131. The molecule has 5 nitrogen and oxygen atoms in total. The summed E-state index contributed by atoms with van der Waals surface area (Å²) in [4.78, 5) is 19.5. The lowest BCUT2D eigenvalue weighted by Crippen LogP contribution is -2.31. The van der Waals surface area contributed by atoms with Gasteiger partial charge in [-0.15, -0.1) is 6.58 Å². The second kappa shape index (κ2) is 9.82. The van der Waals surface area contributed by atoms with Crippen molar-refractivity contribution in [3.8, 4) is 5.75 Å². The van der Waals surface area contributed by atoms with Crippen molar-refractivity contribution in [3.05, 3.63) is 72.6 Å². The van der Waals surface area contributed by atoms with E-state index in [9.17, 15) is 4.79 Å². The average molecular weight is 418 g/mol. The molecule has 31 heavy (non-hydrogen) atoms. The second-order valence-electron chi connectivity index (χ2n) is 8.01. The van der Waals surface area contributed by atoms with Gasteiger partial charge in [0.15, 0.2) is 0 Å². The first-order valence-corrected chi connectivity index (χ1v) is 11.3. The normalized spacial score (nSPS) is 16.0. The van der Waals surface area contributed by atoms with E-state index in [0.29, 0.717) is 13.0 Å². The number of likely N-dealkylation sites (tertiary alicyclic amines) is 1. The van der Waals surface area contributed by atoms with Gasteiger partial charge in [-0.25, -0.2) is 4.98 Å². The molecule has 0 spiro atoms. The standard InChI is InChI=1S/C26H31N3O2/c1-3-11-20-12-5-8-16-24(20)31-19-10-18-29-22-14-7-6-13-21(22)27-26(29)23-15-9-17-28(23)25(30)4-2/h3,5-8,12-14,16,23H,1,4,9-11,15,17-19H2,2H3/t23-/m1/s1. The monoisotopic (exact) mass is 417 g/mol. The summed E-state index contributed by atoms with van der Waals surface area (Å²) in [7, 11) is 0. The van der Waals surface area contributed by atoms with Crippen LogP contribution >= 0.6 is 0 Å². The van der Waals surface area contributed by atoms with Gasteiger partial charge < -0.3 is 14.2 Å². The first kappa shape index (κ1) is 21.2. The molecule has 0 bridgehead atoms. The lowest BCUT2D eigenvalue weighted by Gasteiger charge is -2.25. The van der Waals surface area contributed by atoms with Crippen LogP contribution in [-0.2, 0) is 17.8 Å². The number of para-hydroxylation sites is 3. The topological polar surface area (TPSA) is 47.4 Å². The van der Waals surface area contributed by atoms with Crippen molar-refractivity contribution in [1.82, 2.24) is 14.5 Å². The number of ether oxygens (including phenoxy) is 1. The second-order valence-corrected chi connectivity index (χ2v) is 8.01. The van der Waals surface area contributed by atoms with Crippen LogP contribution in [0.4, 0.5) is 0 Å². The lowest BCUT2D eigenvalue weighted by atomic mass is 10.1. The first-order chi connectivity index (χ1) is 15.2. The molecule has 1 aliphatic heterocycles. The largest absolute Gasteiger partial charge is 0.493 e. The zero-order chi connectivity index (χ0) is 21.6. The molecule has 1 fully saturated rings. The minimum absolute atomic E-state index is 0.0640. The highest BCUT2D eigenvalue weighted by Gasteiger charge is 2.32. The van der Waals surface area contributed by atoms with Crippen LogP contribution in [0.2, 0.25) is 0 Å². The highest BCUT2D eigenvalue weighted by molar-refractivity contribution is 5.78. The number of hydrogen-bond donors (Lipinski definition) is 0. The van der Waals surface area contributed by atoms with Crippen molar-refractivity contribution < 1.29 is 9.53 Å². The van der Waals surface area contributed by atoms with Gasteiger partial charge in [0.2, 0.25) is 5.91 Å². The quantitative estimate of drug-likeness (QED) is 0.350. The molecule has 1 saturated heterocycles. The Morgan fingerprint density at radius 2 is 2.03 bits per heavy atom. The van der Waals surface area contributed by atoms with Gasteiger partial charge in [0.1, 0.15) is 11.6 Å². The predicted octanol–water partition coefficient (Wildman–Crippen LogP) is 5.31. The predicted molar refractivity (Wildman–Crippen MR) is 124 cm³/mol. The summed E-state index contributed by atoms with van der Waals surface area (Å²) >= 11 is 0. The summed E-state index contributed by atoms with van der Waals surface area (Å²) in [5.41, 5.74) is 3.27. The third-order valence-electron chi connectivity index (χ3n) is 5.98. The zero-order valence-electron chi connectivity index (χ0n) is 18.3. The summed E-state index contributed by atoms with van der Waals surface area (Å²) in [6.07, 6.45) is 6.11. The first-order valence-electron chi connectivity index (χ1n) is 11.3. The molecule has 4 rings (SSSR count). The molecule has 0 unspecified atom stereocenters. The summed E-state index contributed by atoms with van der Waals surface area (Å²) in [5, 5.41) is 0. The molecular weight excluding hydrogens is 386 g/mol. The molecule has 5 heteroatoms. The van der Waals surface area contributed by atoms with E-state index in [1.807, 2.05) is 42.2 Å². The molecule has 0 saturated carbocycles. The summed E-state index contributed by atoms with van der Waals surface area (Å²) < 4.78 is 8.39. The Labute approximate surface area is 184 Å². The molecular formula is C26H31N3O2. The number of benzene rings is 2. The van der Waals surface area contributed by atoms with Crippen LogP contribution in [0.25, 0.3) is 11.0 Å². The van der Waals surface area contributed by atoms with Gasteiger partial charge in [-0.2, -0.15) is 0 Å². The van der Waals surface area contributed by atoms with Crippen molar-refractivity contribution in [3.63, 3.8) is 0 Å². The van der Waals surface area contributed by atoms with Gasteiger partial charge in [0.05, 0.1) is 23.7 Å². The van der Waals surface area contributed by atoms with E-state index >= 15 is 0 Å². The fourth-order valence-corrected chi connectivity index (χ4v) is 4.49. The third kappa shape index (κ3) is 4.50. The van der Waals surface area contributed by atoms with E-state index in [0.717, 1.165) is 66.9 Å². The minimum atomic E-state index is 0.0640. The average Bonchev–Trinajstić information content (AvgIpc) is 3.42. The number of carbonyl (C=O) groups excluding carboxylic acids is 1. The number of hydrogen-bond acceptors (Lipinski definition) is 3. The number of carbonyl (C=O) groups is 1. The van der Waals surface area contributed by atoms with Crippen LogP contribution < -0.4 is 4.74 Å². The van der Waals surface area contributed by atoms with Crippen LogP contribution in [0, 0.1) is 0 Å². The fourth-order valence-electron chi connectivity index (χ4n) is 4.49. The van der Waals surface area contributed by atoms with Crippen LogP contribution in [0.1, 0.15) is 50.0 Å². The number of aryl methyl sites for hydroxylation is 1. The van der Waals surface area contributed by atoms with Gasteiger partial charge in [0, 0.05) is 19.5 Å². The smallest absolute Gasteiger partial charge is 0.222 e. The minimum Gasteiger partial charge on any atom is -0.493 e. The van der Waals surface area contributed by atoms with Crippen molar-refractivity contribution in [1.29, 1.82) is 0 Å². The fraction of sp³-hybridized carbons (Fsp3) is 0.385. The Bertz CT molecular complexity index is 1060. The number of nitrogens with zero attached hydrogens (tertiary/aromatic N) is 3. The number of aromatic nitrogens is 2. The van der Waals surface area contributed by atoms with Crippen molar-refractivity contribution in [2.75, 3.05) is 13.2 Å². The number of imidazole rings is 1. The molecule has 0 N–H and O–H groups in total. The Balaban J connectivity index is 1.52. The Kier molecular flexibility index (Phi) is 6.70. The molecule has 162 valence electrons. The Hall–Kier alpha value is -3.08. The molecule has 0 aliphatic carbocycles. The summed E-state index contributed by atoms with van der Waals surface area (Å²) in [6.45, 7) is 8.03. The van der Waals surface area contributed by atoms with E-state index < -0.39 is 0 Å². The molecule has 1 amide bonds. The molecule has 1 atom stereocenters. The maximum Gasteiger partial charge on any atom is 0.222 e. The number of amides is 1. The van der Waals surface area contributed by atoms with Gasteiger partial charge in [-0.3, -0.25) is 4.79 Å². The van der Waals surface area contributed by atoms with Gasteiger partial charge in [-0.1, -0.05) is 43.3 Å². The van der Waals surface area contributed by atoms with E-state index in [1.165, 1.54) is 0 Å². The number of fused-ring (bicyclic) bond motifs is 1. The highest BCUT2D eigenvalue weighted by atomic mass is 16.5. The van der Waals surface area contributed by atoms with Gasteiger partial charge in [-0.05, 0) is 49.4 Å². The van der Waals surface area contributed by atoms with Gasteiger partial charge >= 0.3 is 0 Å². The SMILES string of the molecule is C=CCc1ccccc1OCCCn1c([C@H]2CCCN2C(=O)CC)nc2ccccc21.